The zero-order valence-electron chi connectivity index (χ0n) is 26.3. The van der Waals surface area contributed by atoms with Gasteiger partial charge in [-0.05, 0) is 97.3 Å². The van der Waals surface area contributed by atoms with Crippen molar-refractivity contribution < 1.29 is 4.42 Å². The minimum Gasteiger partial charge on any atom is -0.455 e. The van der Waals surface area contributed by atoms with Gasteiger partial charge < -0.3 is 14.3 Å². The molecule has 0 aliphatic rings. The highest BCUT2D eigenvalue weighted by atomic mass is 16.3. The number of benzene rings is 7. The van der Waals surface area contributed by atoms with Crippen LogP contribution < -0.4 is 4.90 Å². The quantitative estimate of drug-likeness (QED) is 0.212. The van der Waals surface area contributed by atoms with Crippen molar-refractivity contribution in [3.05, 3.63) is 163 Å². The first kappa shape index (κ1) is 27.3. The molecule has 1 N–H and O–H groups in total. The summed E-state index contributed by atoms with van der Waals surface area (Å²) < 4.78 is 6.35. The second kappa shape index (κ2) is 10.8. The average Bonchev–Trinajstić information content (AvgIpc) is 3.68. The van der Waals surface area contributed by atoms with Crippen LogP contribution in [0.15, 0.2) is 156 Å². The minimum absolute atomic E-state index is 0.914. The van der Waals surface area contributed by atoms with Crippen LogP contribution in [0.25, 0.3) is 66.0 Å². The van der Waals surface area contributed by atoms with E-state index in [2.05, 4.69) is 163 Å². The van der Waals surface area contributed by atoms with Crippen LogP contribution in [-0.4, -0.2) is 4.98 Å². The summed E-state index contributed by atoms with van der Waals surface area (Å²) in [6.45, 7) is 4.28. The van der Waals surface area contributed by atoms with Gasteiger partial charge in [0.25, 0.3) is 0 Å². The zero-order chi connectivity index (χ0) is 31.5. The van der Waals surface area contributed by atoms with Gasteiger partial charge in [-0.1, -0.05) is 96.1 Å². The first-order valence-electron chi connectivity index (χ1n) is 16.1. The fraction of sp³-hybridized carbons (Fsp3) is 0.0455. The molecule has 0 saturated carbocycles. The highest BCUT2D eigenvalue weighted by Gasteiger charge is 2.16. The lowest BCUT2D eigenvalue weighted by molar-refractivity contribution is 0.670. The lowest BCUT2D eigenvalue weighted by Crippen LogP contribution is -2.09. The number of nitrogens with one attached hydrogen (secondary N) is 1. The van der Waals surface area contributed by atoms with Gasteiger partial charge in [0.1, 0.15) is 11.2 Å². The molecule has 7 aromatic carbocycles. The van der Waals surface area contributed by atoms with Crippen molar-refractivity contribution in [3.63, 3.8) is 0 Å². The van der Waals surface area contributed by atoms with Gasteiger partial charge in [-0.3, -0.25) is 0 Å². The molecular formula is C44H32N2O. The first-order valence-corrected chi connectivity index (χ1v) is 16.1. The fourth-order valence-corrected chi connectivity index (χ4v) is 6.90. The Morgan fingerprint density at radius 2 is 1.02 bits per heavy atom. The summed E-state index contributed by atoms with van der Waals surface area (Å²) in [6.07, 6.45) is 0. The molecular weight excluding hydrogens is 572 g/mol. The summed E-state index contributed by atoms with van der Waals surface area (Å²) >= 11 is 0. The molecule has 224 valence electrons. The molecule has 0 saturated heterocycles. The van der Waals surface area contributed by atoms with Crippen molar-refractivity contribution in [3.8, 4) is 22.3 Å². The number of H-pyrrole nitrogens is 1. The van der Waals surface area contributed by atoms with Gasteiger partial charge in [-0.2, -0.15) is 0 Å². The lowest BCUT2D eigenvalue weighted by atomic mass is 10.0. The maximum atomic E-state index is 6.35. The SMILES string of the molecule is Cc1ccc(N(c2ccc(-c3ccc4[nH]c5ccc(C)cc5c4c3)cc2)c2ccc(-c3cccc4c3oc3ccccc34)cc2)cc1. The van der Waals surface area contributed by atoms with Crippen LogP contribution in [0.1, 0.15) is 11.1 Å². The molecule has 9 aromatic rings. The fourth-order valence-electron chi connectivity index (χ4n) is 6.90. The third-order valence-electron chi connectivity index (χ3n) is 9.35. The normalized spacial score (nSPS) is 11.6. The van der Waals surface area contributed by atoms with Gasteiger partial charge in [-0.15, -0.1) is 0 Å². The molecule has 47 heavy (non-hydrogen) atoms. The van der Waals surface area contributed by atoms with Gasteiger partial charge in [0.2, 0.25) is 0 Å². The molecule has 0 aliphatic heterocycles. The van der Waals surface area contributed by atoms with Crippen LogP contribution in [0, 0.1) is 13.8 Å². The van der Waals surface area contributed by atoms with Gasteiger partial charge in [0.15, 0.2) is 0 Å². The van der Waals surface area contributed by atoms with E-state index >= 15 is 0 Å². The largest absolute Gasteiger partial charge is 0.455 e. The molecule has 3 nitrogen and oxygen atoms in total. The van der Waals surface area contributed by atoms with Gasteiger partial charge in [-0.25, -0.2) is 0 Å². The Bertz CT molecular complexity index is 2570. The second-order valence-corrected chi connectivity index (χ2v) is 12.5. The minimum atomic E-state index is 0.914. The number of aromatic amines is 1. The van der Waals surface area contributed by atoms with E-state index in [1.165, 1.54) is 38.5 Å². The molecule has 3 heteroatoms. The monoisotopic (exact) mass is 604 g/mol. The molecule has 0 spiro atoms. The Hall–Kier alpha value is -6.06. The van der Waals surface area contributed by atoms with Gasteiger partial charge in [0.05, 0.1) is 0 Å². The summed E-state index contributed by atoms with van der Waals surface area (Å²) in [7, 11) is 0. The van der Waals surface area contributed by atoms with Crippen molar-refractivity contribution in [1.82, 2.24) is 4.98 Å². The Morgan fingerprint density at radius 1 is 0.447 bits per heavy atom. The highest BCUT2D eigenvalue weighted by Crippen LogP contribution is 2.40. The Morgan fingerprint density at radius 3 is 1.77 bits per heavy atom. The number of hydrogen-bond acceptors (Lipinski definition) is 2. The van der Waals surface area contributed by atoms with Crippen LogP contribution in [0.4, 0.5) is 17.1 Å². The Balaban J connectivity index is 1.09. The molecule has 0 bridgehead atoms. The predicted molar refractivity (Wildman–Crippen MR) is 198 cm³/mol. The van der Waals surface area contributed by atoms with Crippen LogP contribution in [0.3, 0.4) is 0 Å². The number of nitrogens with zero attached hydrogens (tertiary/aromatic N) is 1. The van der Waals surface area contributed by atoms with Gasteiger partial charge >= 0.3 is 0 Å². The molecule has 0 atom stereocenters. The van der Waals surface area contributed by atoms with Crippen molar-refractivity contribution in [2.75, 3.05) is 4.90 Å². The van der Waals surface area contributed by atoms with E-state index in [0.29, 0.717) is 0 Å². The number of aryl methyl sites for hydroxylation is 2. The molecule has 2 heterocycles. The van der Waals surface area contributed by atoms with E-state index in [4.69, 9.17) is 4.42 Å². The van der Waals surface area contributed by atoms with Crippen molar-refractivity contribution in [1.29, 1.82) is 0 Å². The standard InChI is InChI=1S/C44H32N2O/c1-28-10-18-33(19-11-28)46(35-22-15-31(16-23-35)36-7-5-8-38-37-6-3-4-9-43(37)47-44(36)38)34-20-13-30(14-21-34)32-17-25-42-40(27-32)39-26-29(2)12-24-41(39)45-42/h3-27,45H,1-2H3. The van der Waals surface area contributed by atoms with Crippen LogP contribution in [-0.2, 0) is 0 Å². The topological polar surface area (TPSA) is 32.2 Å². The molecule has 0 aliphatic carbocycles. The number of para-hydroxylation sites is 2. The van der Waals surface area contributed by atoms with Gasteiger partial charge in [0, 0.05) is 55.2 Å². The van der Waals surface area contributed by atoms with E-state index in [1.807, 2.05) is 12.1 Å². The van der Waals surface area contributed by atoms with Crippen LogP contribution in [0.5, 0.6) is 0 Å². The number of anilines is 3. The van der Waals surface area contributed by atoms with E-state index in [1.54, 1.807) is 0 Å². The number of hydrogen-bond donors (Lipinski definition) is 1. The molecule has 0 amide bonds. The Kier molecular flexibility index (Phi) is 6.26. The van der Waals surface area contributed by atoms with E-state index in [9.17, 15) is 0 Å². The molecule has 2 aromatic heterocycles. The average molecular weight is 605 g/mol. The second-order valence-electron chi connectivity index (χ2n) is 12.5. The van der Waals surface area contributed by atoms with Crippen LogP contribution in [0.2, 0.25) is 0 Å². The summed E-state index contributed by atoms with van der Waals surface area (Å²) in [5.74, 6) is 0. The smallest absolute Gasteiger partial charge is 0.143 e. The maximum Gasteiger partial charge on any atom is 0.143 e. The maximum absolute atomic E-state index is 6.35. The lowest BCUT2D eigenvalue weighted by Gasteiger charge is -2.26. The first-order chi connectivity index (χ1) is 23.1. The van der Waals surface area contributed by atoms with E-state index in [-0.39, 0.29) is 0 Å². The predicted octanol–water partition coefficient (Wildman–Crippen LogP) is 12.6. The molecule has 0 fully saturated rings. The number of fused-ring (bicyclic) bond motifs is 6. The van der Waals surface area contributed by atoms with Crippen LogP contribution >= 0.6 is 0 Å². The summed E-state index contributed by atoms with van der Waals surface area (Å²) in [4.78, 5) is 5.89. The highest BCUT2D eigenvalue weighted by molar-refractivity contribution is 6.10. The number of furan rings is 1. The summed E-state index contributed by atoms with van der Waals surface area (Å²) in [5, 5.41) is 4.81. The molecule has 0 radical (unpaired) electrons. The van der Waals surface area contributed by atoms with E-state index < -0.39 is 0 Å². The third kappa shape index (κ3) is 4.67. The van der Waals surface area contributed by atoms with Crippen molar-refractivity contribution in [2.45, 2.75) is 13.8 Å². The molecule has 0 unspecified atom stereocenters. The van der Waals surface area contributed by atoms with Crippen molar-refractivity contribution in [2.24, 2.45) is 0 Å². The zero-order valence-corrected chi connectivity index (χ0v) is 26.3. The van der Waals surface area contributed by atoms with E-state index in [0.717, 1.165) is 55.6 Å². The molecule has 9 rings (SSSR count). The summed E-state index contributed by atoms with van der Waals surface area (Å²) in [5.41, 5.74) is 14.6. The summed E-state index contributed by atoms with van der Waals surface area (Å²) in [6, 6.07) is 54.4. The van der Waals surface area contributed by atoms with Crippen molar-refractivity contribution >= 4 is 60.8 Å². The third-order valence-corrected chi connectivity index (χ3v) is 9.35. The number of aromatic nitrogens is 1. The Labute approximate surface area is 273 Å². The number of rotatable bonds is 5.